The van der Waals surface area contributed by atoms with E-state index in [0.717, 1.165) is 95.8 Å². The van der Waals surface area contributed by atoms with Gasteiger partial charge in [-0.2, -0.15) is 0 Å². The van der Waals surface area contributed by atoms with Crippen LogP contribution in [0, 0.1) is 5.92 Å². The molecule has 0 bridgehead atoms. The third-order valence-electron chi connectivity index (χ3n) is 20.1. The van der Waals surface area contributed by atoms with Crippen LogP contribution in [0.3, 0.4) is 0 Å². The first kappa shape index (κ1) is 101. The molecule has 0 aromatic rings. The SMILES string of the molecule is CCCCCCCCCCCCCCCCCCCCCC(=O)O[C@H](COC(=O)CCCCCCCCCCCCCCCCC(C)CC)COP(=O)(O)OC[C@@H](O)COP(=O)(O)OC[C@@H](COC(=O)CCCCCCCCCC)OC(=O)CCCCCCCCCCCCCCCCCCCC. The van der Waals surface area contributed by atoms with E-state index in [9.17, 15) is 43.2 Å². The van der Waals surface area contributed by atoms with E-state index in [0.29, 0.717) is 25.7 Å². The Labute approximate surface area is 632 Å². The molecule has 0 aromatic carbocycles. The van der Waals surface area contributed by atoms with Crippen molar-refractivity contribution in [3.05, 3.63) is 0 Å². The third-order valence-corrected chi connectivity index (χ3v) is 22.0. The van der Waals surface area contributed by atoms with Crippen molar-refractivity contribution < 1.29 is 80.2 Å². The Hall–Kier alpha value is -1.94. The Morgan fingerprint density at radius 2 is 0.466 bits per heavy atom. The zero-order valence-electron chi connectivity index (χ0n) is 67.5. The summed E-state index contributed by atoms with van der Waals surface area (Å²) in [4.78, 5) is 73.1. The fourth-order valence-corrected chi connectivity index (χ4v) is 14.7. The molecule has 19 heteroatoms. The quantitative estimate of drug-likeness (QED) is 0.0222. The maximum atomic E-state index is 13.1. The normalized spacial score (nSPS) is 14.1. The molecule has 0 spiro atoms. The lowest BCUT2D eigenvalue weighted by Gasteiger charge is -2.21. The van der Waals surface area contributed by atoms with Gasteiger partial charge in [0.15, 0.2) is 12.2 Å². The Bertz CT molecular complexity index is 1960. The smallest absolute Gasteiger partial charge is 0.462 e. The molecule has 17 nitrogen and oxygen atoms in total. The van der Waals surface area contributed by atoms with Gasteiger partial charge in [0, 0.05) is 25.7 Å². The zero-order valence-corrected chi connectivity index (χ0v) is 69.3. The number of esters is 4. The van der Waals surface area contributed by atoms with E-state index in [4.69, 9.17) is 37.0 Å². The number of hydrogen-bond donors (Lipinski definition) is 3. The monoisotopic (exact) mass is 1510 g/mol. The average molecular weight is 1510 g/mol. The summed E-state index contributed by atoms with van der Waals surface area (Å²) in [6, 6.07) is 0. The first-order valence-corrected chi connectivity index (χ1v) is 46.7. The molecule has 103 heavy (non-hydrogen) atoms. The number of aliphatic hydroxyl groups excluding tert-OH is 1. The van der Waals surface area contributed by atoms with Gasteiger partial charge in [0.1, 0.15) is 19.3 Å². The number of ether oxygens (including phenoxy) is 4. The van der Waals surface area contributed by atoms with Gasteiger partial charge in [-0.1, -0.05) is 401 Å². The summed E-state index contributed by atoms with van der Waals surface area (Å²) in [5, 5.41) is 10.7. The summed E-state index contributed by atoms with van der Waals surface area (Å²) in [5.74, 6) is -1.25. The highest BCUT2D eigenvalue weighted by Crippen LogP contribution is 2.45. The van der Waals surface area contributed by atoms with Crippen molar-refractivity contribution in [2.45, 2.75) is 470 Å². The van der Waals surface area contributed by atoms with Gasteiger partial charge >= 0.3 is 39.5 Å². The summed E-state index contributed by atoms with van der Waals surface area (Å²) < 4.78 is 68.8. The van der Waals surface area contributed by atoms with Crippen LogP contribution < -0.4 is 0 Å². The second kappa shape index (κ2) is 76.8. The molecule has 0 rings (SSSR count). The minimum atomic E-state index is -4.96. The fourth-order valence-electron chi connectivity index (χ4n) is 13.1. The number of unbranched alkanes of at least 4 members (excludes halogenated alkanes) is 55. The van der Waals surface area contributed by atoms with Crippen LogP contribution in [0.4, 0.5) is 0 Å². The molecule has 0 saturated heterocycles. The maximum absolute atomic E-state index is 13.1. The van der Waals surface area contributed by atoms with Crippen LogP contribution in [0.1, 0.15) is 452 Å². The second-order valence-electron chi connectivity index (χ2n) is 30.5. The second-order valence-corrected chi connectivity index (χ2v) is 33.4. The van der Waals surface area contributed by atoms with Crippen molar-refractivity contribution in [2.24, 2.45) is 5.92 Å². The van der Waals surface area contributed by atoms with Crippen molar-refractivity contribution in [2.75, 3.05) is 39.6 Å². The number of phosphoric ester groups is 2. The molecule has 0 amide bonds. The molecule has 0 heterocycles. The predicted octanol–water partition coefficient (Wildman–Crippen LogP) is 25.6. The summed E-state index contributed by atoms with van der Waals surface area (Å²) in [6.45, 7) is 7.38. The Morgan fingerprint density at radius 1 is 0.272 bits per heavy atom. The van der Waals surface area contributed by atoms with E-state index in [2.05, 4.69) is 34.6 Å². The van der Waals surface area contributed by atoms with Gasteiger partial charge in [-0.15, -0.1) is 0 Å². The highest BCUT2D eigenvalue weighted by molar-refractivity contribution is 7.47. The van der Waals surface area contributed by atoms with Crippen molar-refractivity contribution in [3.63, 3.8) is 0 Å². The van der Waals surface area contributed by atoms with E-state index < -0.39 is 97.5 Å². The Kier molecular flexibility index (Phi) is 75.4. The van der Waals surface area contributed by atoms with Crippen LogP contribution in [-0.4, -0.2) is 96.7 Å². The molecule has 0 aliphatic rings. The van der Waals surface area contributed by atoms with Crippen LogP contribution in [0.5, 0.6) is 0 Å². The van der Waals surface area contributed by atoms with Crippen molar-refractivity contribution >= 4 is 39.5 Å². The molecular formula is C84H164O17P2. The van der Waals surface area contributed by atoms with Gasteiger partial charge in [0.25, 0.3) is 0 Å². The molecule has 6 atom stereocenters. The van der Waals surface area contributed by atoms with Crippen molar-refractivity contribution in [1.82, 2.24) is 0 Å². The first-order valence-electron chi connectivity index (χ1n) is 43.7. The minimum Gasteiger partial charge on any atom is -0.462 e. The van der Waals surface area contributed by atoms with Crippen LogP contribution in [0.2, 0.25) is 0 Å². The molecule has 0 aliphatic carbocycles. The molecule has 0 aromatic heterocycles. The standard InChI is InChI=1S/C84H164O17P2/c1-6-10-13-16-19-22-24-26-28-30-32-34-36-42-46-50-55-60-65-70-84(89)101-80(74-95-82(87)68-63-58-53-48-44-40-38-37-39-43-47-51-56-61-66-77(5)9-4)76-99-103(92,93)97-72-78(85)71-96-102(90,91)98-75-79(73-94-81(86)67-62-57-52-21-18-15-12-8-3)100-83(88)69-64-59-54-49-45-41-35-33-31-29-27-25-23-20-17-14-11-7-2/h77-80,85H,6-76H2,1-5H3,(H,90,91)(H,92,93)/t77?,78-,79+,80+/m0/s1. The number of rotatable bonds is 84. The van der Waals surface area contributed by atoms with E-state index >= 15 is 0 Å². The largest absolute Gasteiger partial charge is 0.472 e. The number of hydrogen-bond acceptors (Lipinski definition) is 15. The fraction of sp³-hybridized carbons (Fsp3) is 0.952. The first-order chi connectivity index (χ1) is 50.1. The predicted molar refractivity (Wildman–Crippen MR) is 423 cm³/mol. The van der Waals surface area contributed by atoms with Crippen molar-refractivity contribution in [3.8, 4) is 0 Å². The number of carbonyl (C=O) groups excluding carboxylic acids is 4. The van der Waals surface area contributed by atoms with Gasteiger partial charge in [-0.05, 0) is 31.6 Å². The van der Waals surface area contributed by atoms with Crippen molar-refractivity contribution in [1.29, 1.82) is 0 Å². The molecule has 0 radical (unpaired) electrons. The highest BCUT2D eigenvalue weighted by Gasteiger charge is 2.30. The van der Waals surface area contributed by atoms with Gasteiger partial charge in [-0.25, -0.2) is 9.13 Å². The van der Waals surface area contributed by atoms with Gasteiger partial charge in [0.2, 0.25) is 0 Å². The van der Waals surface area contributed by atoms with E-state index in [-0.39, 0.29) is 25.7 Å². The highest BCUT2D eigenvalue weighted by atomic mass is 31.2. The van der Waals surface area contributed by atoms with Crippen LogP contribution in [-0.2, 0) is 65.4 Å². The lowest BCUT2D eigenvalue weighted by Crippen LogP contribution is -2.30. The van der Waals surface area contributed by atoms with E-state index in [1.165, 1.54) is 276 Å². The third kappa shape index (κ3) is 76.6. The molecule has 0 saturated carbocycles. The van der Waals surface area contributed by atoms with Crippen LogP contribution in [0.25, 0.3) is 0 Å². The lowest BCUT2D eigenvalue weighted by atomic mass is 9.99. The Morgan fingerprint density at radius 3 is 0.689 bits per heavy atom. The maximum Gasteiger partial charge on any atom is 0.472 e. The Balaban J connectivity index is 5.19. The van der Waals surface area contributed by atoms with Gasteiger partial charge in [0.05, 0.1) is 26.4 Å². The summed E-state index contributed by atoms with van der Waals surface area (Å²) in [6.07, 6.45) is 69.4. The topological polar surface area (TPSA) is 237 Å². The number of carbonyl (C=O) groups is 4. The van der Waals surface area contributed by atoms with E-state index in [1.807, 2.05) is 0 Å². The summed E-state index contributed by atoms with van der Waals surface area (Å²) >= 11 is 0. The molecule has 612 valence electrons. The molecule has 3 N–H and O–H groups in total. The number of aliphatic hydroxyl groups is 1. The molecule has 0 aliphatic heterocycles. The van der Waals surface area contributed by atoms with Crippen LogP contribution in [0.15, 0.2) is 0 Å². The van der Waals surface area contributed by atoms with E-state index in [1.54, 1.807) is 0 Å². The molecular weight excluding hydrogens is 1340 g/mol. The minimum absolute atomic E-state index is 0.109. The summed E-state index contributed by atoms with van der Waals surface area (Å²) in [7, 11) is -9.92. The zero-order chi connectivity index (χ0) is 75.5. The molecule has 3 unspecified atom stereocenters. The average Bonchev–Trinajstić information content (AvgIpc) is 0.933. The van der Waals surface area contributed by atoms with Crippen LogP contribution >= 0.6 is 15.6 Å². The molecule has 0 fully saturated rings. The van der Waals surface area contributed by atoms with Gasteiger partial charge < -0.3 is 33.8 Å². The lowest BCUT2D eigenvalue weighted by molar-refractivity contribution is -0.161. The summed E-state index contributed by atoms with van der Waals surface area (Å²) in [5.41, 5.74) is 0. The van der Waals surface area contributed by atoms with Gasteiger partial charge in [-0.3, -0.25) is 37.3 Å². The number of phosphoric acid groups is 2.